The maximum absolute atomic E-state index is 11.7. The molecule has 1 aromatic carbocycles. The summed E-state index contributed by atoms with van der Waals surface area (Å²) in [7, 11) is 0. The van der Waals surface area contributed by atoms with Gasteiger partial charge in [-0.1, -0.05) is 30.0 Å². The molecule has 1 fully saturated rings. The topological polar surface area (TPSA) is 97.1 Å². The van der Waals surface area contributed by atoms with Gasteiger partial charge in [0, 0.05) is 11.6 Å². The lowest BCUT2D eigenvalue weighted by molar-refractivity contribution is -0.117. The Morgan fingerprint density at radius 3 is 2.83 bits per heavy atom. The number of nitrogens with one attached hydrogen (secondary N) is 2. The maximum atomic E-state index is 11.7. The first-order valence-electron chi connectivity index (χ1n) is 7.24. The fourth-order valence-electron chi connectivity index (χ4n) is 1.93. The third-order valence-electron chi connectivity index (χ3n) is 3.27. The van der Waals surface area contributed by atoms with Crippen molar-refractivity contribution in [3.05, 3.63) is 29.8 Å². The van der Waals surface area contributed by atoms with Crippen LogP contribution in [-0.4, -0.2) is 33.9 Å². The van der Waals surface area contributed by atoms with Gasteiger partial charge in [0.1, 0.15) is 0 Å². The first-order valence-corrected chi connectivity index (χ1v) is 8.23. The lowest BCUT2D eigenvalue weighted by Crippen LogP contribution is -2.41. The number of urea groups is 1. The zero-order chi connectivity index (χ0) is 16.2. The molecule has 120 valence electrons. The van der Waals surface area contributed by atoms with Gasteiger partial charge >= 0.3 is 6.03 Å². The number of benzene rings is 1. The summed E-state index contributed by atoms with van der Waals surface area (Å²) >= 11 is 1.09. The van der Waals surface area contributed by atoms with Crippen LogP contribution < -0.4 is 10.6 Å². The van der Waals surface area contributed by atoms with Crippen molar-refractivity contribution in [2.45, 2.75) is 31.0 Å². The van der Waals surface area contributed by atoms with Gasteiger partial charge in [0.25, 0.3) is 5.22 Å². The predicted octanol–water partition coefficient (Wildman–Crippen LogP) is 2.13. The Bertz CT molecular complexity index is 727. The molecule has 0 bridgehead atoms. The number of aromatic nitrogens is 2. The Morgan fingerprint density at radius 2 is 2.09 bits per heavy atom. The molecule has 1 aliphatic carbocycles. The number of carbonyl (C=O) groups excluding carboxylic acids is 2. The van der Waals surface area contributed by atoms with Crippen molar-refractivity contribution >= 4 is 23.7 Å². The number of carbonyl (C=O) groups is 2. The molecule has 1 aliphatic rings. The molecule has 0 radical (unpaired) electrons. The van der Waals surface area contributed by atoms with Gasteiger partial charge in [-0.25, -0.2) is 4.79 Å². The van der Waals surface area contributed by atoms with Crippen LogP contribution in [0, 0.1) is 6.92 Å². The molecule has 0 saturated heterocycles. The number of imide groups is 1. The van der Waals surface area contributed by atoms with E-state index in [0.717, 1.165) is 35.7 Å². The molecule has 0 aliphatic heterocycles. The summed E-state index contributed by atoms with van der Waals surface area (Å²) in [6.07, 6.45) is 1.94. The molecule has 2 N–H and O–H groups in total. The van der Waals surface area contributed by atoms with Crippen molar-refractivity contribution in [1.29, 1.82) is 0 Å². The van der Waals surface area contributed by atoms with E-state index in [1.54, 1.807) is 0 Å². The summed E-state index contributed by atoms with van der Waals surface area (Å²) < 4.78 is 5.54. The molecule has 0 spiro atoms. The zero-order valence-corrected chi connectivity index (χ0v) is 13.4. The monoisotopic (exact) mass is 332 g/mol. The molecule has 0 unspecified atom stereocenters. The Kier molecular flexibility index (Phi) is 4.61. The Morgan fingerprint density at radius 1 is 1.30 bits per heavy atom. The molecule has 23 heavy (non-hydrogen) atoms. The highest BCUT2D eigenvalue weighted by Crippen LogP contribution is 2.25. The fourth-order valence-corrected chi connectivity index (χ4v) is 2.49. The van der Waals surface area contributed by atoms with Crippen molar-refractivity contribution in [3.8, 4) is 11.5 Å². The summed E-state index contributed by atoms with van der Waals surface area (Å²) in [4.78, 5) is 23.1. The number of hydrogen-bond acceptors (Lipinski definition) is 6. The fraction of sp³-hybridized carbons (Fsp3) is 0.333. The predicted molar refractivity (Wildman–Crippen MR) is 84.9 cm³/mol. The first kappa shape index (κ1) is 15.5. The van der Waals surface area contributed by atoms with Crippen LogP contribution in [0.3, 0.4) is 0 Å². The minimum absolute atomic E-state index is 0.0352. The van der Waals surface area contributed by atoms with Crippen LogP contribution in [0.1, 0.15) is 18.4 Å². The van der Waals surface area contributed by atoms with Crippen molar-refractivity contribution in [2.24, 2.45) is 0 Å². The van der Waals surface area contributed by atoms with Gasteiger partial charge in [0.15, 0.2) is 0 Å². The second kappa shape index (κ2) is 6.82. The van der Waals surface area contributed by atoms with E-state index in [1.807, 2.05) is 31.2 Å². The highest BCUT2D eigenvalue weighted by atomic mass is 32.2. The van der Waals surface area contributed by atoms with E-state index in [4.69, 9.17) is 4.42 Å². The van der Waals surface area contributed by atoms with E-state index < -0.39 is 11.9 Å². The second-order valence-electron chi connectivity index (χ2n) is 5.27. The summed E-state index contributed by atoms with van der Waals surface area (Å²) in [6, 6.07) is 7.43. The third kappa shape index (κ3) is 4.32. The lowest BCUT2D eigenvalue weighted by atomic mass is 10.1. The van der Waals surface area contributed by atoms with E-state index in [-0.39, 0.29) is 11.8 Å². The second-order valence-corrected chi connectivity index (χ2v) is 6.20. The molecule has 1 saturated carbocycles. The van der Waals surface area contributed by atoms with Gasteiger partial charge in [-0.05, 0) is 31.4 Å². The van der Waals surface area contributed by atoms with Crippen LogP contribution in [0.2, 0.25) is 0 Å². The highest BCUT2D eigenvalue weighted by molar-refractivity contribution is 7.99. The number of amides is 3. The quantitative estimate of drug-likeness (QED) is 0.814. The van der Waals surface area contributed by atoms with Crippen LogP contribution in [0.15, 0.2) is 33.9 Å². The molecule has 3 amide bonds. The number of nitrogens with zero attached hydrogens (tertiary/aromatic N) is 2. The molecule has 1 aromatic heterocycles. The molecule has 3 rings (SSSR count). The normalized spacial score (nSPS) is 13.6. The Hall–Kier alpha value is -2.35. The third-order valence-corrected chi connectivity index (χ3v) is 4.09. The molecular weight excluding hydrogens is 316 g/mol. The zero-order valence-electron chi connectivity index (χ0n) is 12.5. The average Bonchev–Trinajstić information content (AvgIpc) is 3.20. The minimum atomic E-state index is -0.454. The van der Waals surface area contributed by atoms with Gasteiger partial charge < -0.3 is 9.73 Å². The van der Waals surface area contributed by atoms with E-state index >= 15 is 0 Å². The van der Waals surface area contributed by atoms with Gasteiger partial charge in [-0.15, -0.1) is 10.2 Å². The van der Waals surface area contributed by atoms with Crippen LogP contribution in [0.4, 0.5) is 4.79 Å². The standard InChI is InChI=1S/C15H16N4O3S/c1-9-4-2-3-5-11(9)13-18-19-15(22-13)23-8-12(20)17-14(21)16-10-6-7-10/h2-5,10H,6-8H2,1H3,(H2,16,17,20,21). The largest absolute Gasteiger partial charge is 0.411 e. The van der Waals surface area contributed by atoms with Crippen molar-refractivity contribution in [1.82, 2.24) is 20.8 Å². The maximum Gasteiger partial charge on any atom is 0.321 e. The van der Waals surface area contributed by atoms with Gasteiger partial charge in [-0.2, -0.15) is 0 Å². The molecule has 7 nitrogen and oxygen atoms in total. The molecule has 1 heterocycles. The molecule has 8 heteroatoms. The van der Waals surface area contributed by atoms with Crippen LogP contribution in [0.5, 0.6) is 0 Å². The van der Waals surface area contributed by atoms with Crippen LogP contribution in [0.25, 0.3) is 11.5 Å². The number of rotatable bonds is 5. The van der Waals surface area contributed by atoms with Crippen LogP contribution >= 0.6 is 11.8 Å². The van der Waals surface area contributed by atoms with Crippen LogP contribution in [-0.2, 0) is 4.79 Å². The first-order chi connectivity index (χ1) is 11.1. The Balaban J connectivity index is 1.52. The highest BCUT2D eigenvalue weighted by Gasteiger charge is 2.24. The number of aryl methyl sites for hydroxylation is 1. The molecule has 2 aromatic rings. The lowest BCUT2D eigenvalue weighted by Gasteiger charge is -2.03. The number of hydrogen-bond donors (Lipinski definition) is 2. The van der Waals surface area contributed by atoms with E-state index in [2.05, 4.69) is 20.8 Å². The van der Waals surface area contributed by atoms with Crippen molar-refractivity contribution in [3.63, 3.8) is 0 Å². The van der Waals surface area contributed by atoms with Gasteiger partial charge in [0.05, 0.1) is 5.75 Å². The van der Waals surface area contributed by atoms with E-state index in [0.29, 0.717) is 11.1 Å². The van der Waals surface area contributed by atoms with E-state index in [9.17, 15) is 9.59 Å². The van der Waals surface area contributed by atoms with Crippen molar-refractivity contribution in [2.75, 3.05) is 5.75 Å². The minimum Gasteiger partial charge on any atom is -0.411 e. The summed E-state index contributed by atoms with van der Waals surface area (Å²) in [5.41, 5.74) is 1.89. The molecule has 0 atom stereocenters. The van der Waals surface area contributed by atoms with Gasteiger partial charge in [0.2, 0.25) is 11.8 Å². The number of thioether (sulfide) groups is 1. The van der Waals surface area contributed by atoms with Gasteiger partial charge in [-0.3, -0.25) is 10.1 Å². The smallest absolute Gasteiger partial charge is 0.321 e. The Labute approximate surface area is 137 Å². The van der Waals surface area contributed by atoms with E-state index in [1.165, 1.54) is 0 Å². The average molecular weight is 332 g/mol. The summed E-state index contributed by atoms with van der Waals surface area (Å²) in [6.45, 7) is 1.96. The SMILES string of the molecule is Cc1ccccc1-c1nnc(SCC(=O)NC(=O)NC2CC2)o1. The van der Waals surface area contributed by atoms with Crippen molar-refractivity contribution < 1.29 is 14.0 Å². The molecular formula is C15H16N4O3S. The summed E-state index contributed by atoms with van der Waals surface area (Å²) in [5.74, 6) is 0.0503. The summed E-state index contributed by atoms with van der Waals surface area (Å²) in [5, 5.41) is 13.1.